The van der Waals surface area contributed by atoms with E-state index in [9.17, 15) is 20.0 Å². The van der Waals surface area contributed by atoms with Crippen LogP contribution in [0.3, 0.4) is 0 Å². The molecule has 6 heteroatoms. The summed E-state index contributed by atoms with van der Waals surface area (Å²) in [5.74, 6) is -4.18. The van der Waals surface area contributed by atoms with E-state index in [0.29, 0.717) is 5.56 Å². The van der Waals surface area contributed by atoms with Crippen molar-refractivity contribution in [3.63, 3.8) is 0 Å². The smallest absolute Gasteiger partial charge is 0.314 e. The van der Waals surface area contributed by atoms with Crippen LogP contribution < -0.4 is 5.32 Å². The highest BCUT2D eigenvalue weighted by molar-refractivity contribution is 5.88. The molecule has 4 atom stereocenters. The lowest BCUT2D eigenvalue weighted by Gasteiger charge is -2.43. The molecule has 1 aromatic carbocycles. The first-order chi connectivity index (χ1) is 9.92. The van der Waals surface area contributed by atoms with Gasteiger partial charge in [0.05, 0.1) is 13.2 Å². The molecule has 1 aliphatic rings. The van der Waals surface area contributed by atoms with Crippen LogP contribution in [0.4, 0.5) is 0 Å². The SMILES string of the molecule is COC(=O)[C@@H]1[C@@H](c2ccccc2)[C@H](C#N)C(=O)NC1(C)O. The van der Waals surface area contributed by atoms with Crippen molar-refractivity contribution in [1.82, 2.24) is 5.32 Å². The van der Waals surface area contributed by atoms with Gasteiger partial charge in [0.25, 0.3) is 0 Å². The average Bonchev–Trinajstić information content (AvgIpc) is 2.46. The van der Waals surface area contributed by atoms with Crippen LogP contribution >= 0.6 is 0 Å². The van der Waals surface area contributed by atoms with Crippen molar-refractivity contribution < 1.29 is 19.4 Å². The second-order valence-electron chi connectivity index (χ2n) is 5.18. The number of piperidine rings is 1. The van der Waals surface area contributed by atoms with E-state index in [2.05, 4.69) is 5.32 Å². The molecule has 1 heterocycles. The number of ether oxygens (including phenoxy) is 1. The molecule has 0 radical (unpaired) electrons. The van der Waals surface area contributed by atoms with Gasteiger partial charge >= 0.3 is 5.97 Å². The summed E-state index contributed by atoms with van der Waals surface area (Å²) in [6, 6.07) is 10.7. The third kappa shape index (κ3) is 2.60. The predicted molar refractivity (Wildman–Crippen MR) is 72.6 cm³/mol. The van der Waals surface area contributed by atoms with Crippen molar-refractivity contribution in [2.75, 3.05) is 7.11 Å². The monoisotopic (exact) mass is 288 g/mol. The molecule has 1 aromatic rings. The summed E-state index contributed by atoms with van der Waals surface area (Å²) in [6.07, 6.45) is 0. The van der Waals surface area contributed by atoms with Gasteiger partial charge in [0.15, 0.2) is 0 Å². The lowest BCUT2D eigenvalue weighted by atomic mass is 9.69. The van der Waals surface area contributed by atoms with Crippen LogP contribution in [0.15, 0.2) is 30.3 Å². The number of carbonyl (C=O) groups is 2. The molecule has 21 heavy (non-hydrogen) atoms. The third-order valence-corrected chi connectivity index (χ3v) is 3.76. The van der Waals surface area contributed by atoms with Crippen LogP contribution in [0.25, 0.3) is 0 Å². The zero-order valence-corrected chi connectivity index (χ0v) is 11.7. The van der Waals surface area contributed by atoms with Gasteiger partial charge in [0, 0.05) is 5.92 Å². The van der Waals surface area contributed by atoms with Crippen LogP contribution in [-0.2, 0) is 14.3 Å². The highest BCUT2D eigenvalue weighted by Gasteiger charge is 2.54. The summed E-state index contributed by atoms with van der Waals surface area (Å²) in [6.45, 7) is 1.33. The number of hydrogen-bond donors (Lipinski definition) is 2. The van der Waals surface area contributed by atoms with Gasteiger partial charge in [0.2, 0.25) is 5.91 Å². The van der Waals surface area contributed by atoms with Gasteiger partial charge in [-0.3, -0.25) is 9.59 Å². The fraction of sp³-hybridized carbons (Fsp3) is 0.400. The number of hydrogen-bond acceptors (Lipinski definition) is 5. The normalized spacial score (nSPS) is 31.9. The molecule has 1 amide bonds. The number of carbonyl (C=O) groups excluding carboxylic acids is 2. The Balaban J connectivity index is 2.58. The van der Waals surface area contributed by atoms with Crippen LogP contribution in [0.5, 0.6) is 0 Å². The van der Waals surface area contributed by atoms with E-state index in [0.717, 1.165) is 0 Å². The third-order valence-electron chi connectivity index (χ3n) is 3.76. The van der Waals surface area contributed by atoms with Crippen LogP contribution in [0, 0.1) is 23.2 Å². The summed E-state index contributed by atoms with van der Waals surface area (Å²) < 4.78 is 4.75. The number of esters is 1. The van der Waals surface area contributed by atoms with Gasteiger partial charge in [-0.05, 0) is 12.5 Å². The lowest BCUT2D eigenvalue weighted by Crippen LogP contribution is -2.63. The second kappa shape index (κ2) is 5.54. The maximum Gasteiger partial charge on any atom is 0.314 e. The first kappa shape index (κ1) is 15.0. The fourth-order valence-corrected chi connectivity index (χ4v) is 2.81. The number of nitrogens with one attached hydrogen (secondary N) is 1. The molecule has 2 rings (SSSR count). The summed E-state index contributed by atoms with van der Waals surface area (Å²) in [5, 5.41) is 22.0. The molecule has 1 aliphatic heterocycles. The van der Waals surface area contributed by atoms with Gasteiger partial charge in [-0.1, -0.05) is 30.3 Å². The molecule has 110 valence electrons. The van der Waals surface area contributed by atoms with Gasteiger partial charge in [-0.25, -0.2) is 0 Å². The van der Waals surface area contributed by atoms with Gasteiger partial charge in [-0.15, -0.1) is 0 Å². The summed E-state index contributed by atoms with van der Waals surface area (Å²) in [7, 11) is 1.21. The topological polar surface area (TPSA) is 99.4 Å². The van der Waals surface area contributed by atoms with Crippen LogP contribution in [-0.4, -0.2) is 29.8 Å². The van der Waals surface area contributed by atoms with E-state index in [-0.39, 0.29) is 0 Å². The van der Waals surface area contributed by atoms with E-state index in [1.165, 1.54) is 14.0 Å². The molecule has 1 fully saturated rings. The van der Waals surface area contributed by atoms with E-state index >= 15 is 0 Å². The summed E-state index contributed by atoms with van der Waals surface area (Å²) >= 11 is 0. The average molecular weight is 288 g/mol. The molecular formula is C15H16N2O4. The Morgan fingerprint density at radius 1 is 1.43 bits per heavy atom. The van der Waals surface area contributed by atoms with Crippen LogP contribution in [0.1, 0.15) is 18.4 Å². The minimum atomic E-state index is -1.78. The molecule has 6 nitrogen and oxygen atoms in total. The number of aliphatic hydroxyl groups is 1. The molecule has 0 saturated carbocycles. The number of methoxy groups -OCH3 is 1. The predicted octanol–water partition coefficient (Wildman–Crippen LogP) is 0.537. The number of amides is 1. The summed E-state index contributed by atoms with van der Waals surface area (Å²) in [4.78, 5) is 24.1. The van der Waals surface area contributed by atoms with E-state index < -0.39 is 35.4 Å². The first-order valence-electron chi connectivity index (χ1n) is 6.49. The Hall–Kier alpha value is -2.39. The van der Waals surface area contributed by atoms with Gasteiger partial charge in [0.1, 0.15) is 17.6 Å². The second-order valence-corrected chi connectivity index (χ2v) is 5.18. The fourth-order valence-electron chi connectivity index (χ4n) is 2.81. The molecule has 1 saturated heterocycles. The zero-order chi connectivity index (χ0) is 15.6. The van der Waals surface area contributed by atoms with E-state index in [1.807, 2.05) is 6.07 Å². The van der Waals surface area contributed by atoms with Crippen molar-refractivity contribution in [3.8, 4) is 6.07 Å². The highest BCUT2D eigenvalue weighted by Crippen LogP contribution is 2.41. The molecule has 0 spiro atoms. The zero-order valence-electron chi connectivity index (χ0n) is 11.7. The summed E-state index contributed by atoms with van der Waals surface area (Å²) in [5.41, 5.74) is -1.15. The molecule has 2 N–H and O–H groups in total. The Morgan fingerprint density at radius 3 is 2.57 bits per heavy atom. The molecular weight excluding hydrogens is 272 g/mol. The van der Waals surface area contributed by atoms with Gasteiger partial charge in [-0.2, -0.15) is 5.26 Å². The molecule has 0 aromatic heterocycles. The molecule has 1 unspecified atom stereocenters. The Kier molecular flexibility index (Phi) is 3.96. The number of nitrogens with zero attached hydrogens (tertiary/aromatic N) is 1. The molecule has 0 aliphatic carbocycles. The quantitative estimate of drug-likeness (QED) is 0.774. The lowest BCUT2D eigenvalue weighted by molar-refractivity contribution is -0.168. The largest absolute Gasteiger partial charge is 0.469 e. The van der Waals surface area contributed by atoms with Crippen molar-refractivity contribution in [2.45, 2.75) is 18.6 Å². The maximum absolute atomic E-state index is 12.1. The van der Waals surface area contributed by atoms with Crippen molar-refractivity contribution >= 4 is 11.9 Å². The van der Waals surface area contributed by atoms with Gasteiger partial charge < -0.3 is 15.2 Å². The number of benzene rings is 1. The number of nitriles is 1. The minimum absolute atomic E-state index is 0.600. The maximum atomic E-state index is 12.1. The van der Waals surface area contributed by atoms with E-state index in [4.69, 9.17) is 4.74 Å². The Morgan fingerprint density at radius 2 is 2.05 bits per heavy atom. The first-order valence-corrected chi connectivity index (χ1v) is 6.49. The van der Waals surface area contributed by atoms with E-state index in [1.54, 1.807) is 30.3 Å². The van der Waals surface area contributed by atoms with Crippen molar-refractivity contribution in [1.29, 1.82) is 5.26 Å². The minimum Gasteiger partial charge on any atom is -0.469 e. The van der Waals surface area contributed by atoms with Crippen molar-refractivity contribution in [3.05, 3.63) is 35.9 Å². The Bertz CT molecular complexity index is 591. The Labute approximate surface area is 122 Å². The van der Waals surface area contributed by atoms with Crippen LogP contribution in [0.2, 0.25) is 0 Å². The standard InChI is InChI=1S/C15H16N2O4/c1-15(20)12(14(19)21-2)11(9-6-4-3-5-7-9)10(8-16)13(18)17-15/h3-7,10-12,20H,1-2H3,(H,17,18)/t10-,11-,12-,15?/m0/s1. The highest BCUT2D eigenvalue weighted by atomic mass is 16.5. The number of rotatable bonds is 2. The molecule has 0 bridgehead atoms. The van der Waals surface area contributed by atoms with Crippen molar-refractivity contribution in [2.24, 2.45) is 11.8 Å².